The fourth-order valence-corrected chi connectivity index (χ4v) is 3.78. The van der Waals surface area contributed by atoms with Gasteiger partial charge in [0.15, 0.2) is 0 Å². The van der Waals surface area contributed by atoms with Gasteiger partial charge < -0.3 is 5.73 Å². The Morgan fingerprint density at radius 1 is 0.905 bits per heavy atom. The van der Waals surface area contributed by atoms with E-state index >= 15 is 0 Å². The normalized spacial score (nSPS) is 12.8. The largest absolute Gasteiger partial charge is 0.320 e. The number of nitrogens with zero attached hydrogens (tertiary/aromatic N) is 1. The van der Waals surface area contributed by atoms with E-state index in [1.165, 1.54) is 20.3 Å². The first-order valence-electron chi connectivity index (χ1n) is 6.89. The van der Waals surface area contributed by atoms with E-state index in [2.05, 4.69) is 47.4 Å². The fourth-order valence-electron chi connectivity index (χ4n) is 2.70. The quantitative estimate of drug-likeness (QED) is 0.590. The number of aromatic nitrogens is 1. The van der Waals surface area contributed by atoms with Gasteiger partial charge in [0.05, 0.1) is 6.04 Å². The van der Waals surface area contributed by atoms with Crippen molar-refractivity contribution in [3.8, 4) is 0 Å². The highest BCUT2D eigenvalue weighted by atomic mass is 32.1. The number of hydrogen-bond donors (Lipinski definition) is 1. The summed E-state index contributed by atoms with van der Waals surface area (Å²) in [5, 5.41) is 3.56. The molecule has 2 aromatic carbocycles. The monoisotopic (exact) mass is 290 g/mol. The van der Waals surface area contributed by atoms with Crippen LogP contribution in [-0.4, -0.2) is 4.98 Å². The fraction of sp³-hybridized carbons (Fsp3) is 0.0556. The molecule has 0 fully saturated rings. The third-order valence-corrected chi connectivity index (χ3v) is 4.98. The molecule has 2 N–H and O–H groups in total. The Labute approximate surface area is 126 Å². The molecule has 0 saturated carbocycles. The molecule has 2 aromatic heterocycles. The number of fused-ring (bicyclic) bond motifs is 2. The maximum Gasteiger partial charge on any atom is 0.0667 e. The van der Waals surface area contributed by atoms with Gasteiger partial charge in [-0.15, -0.1) is 11.3 Å². The molecule has 3 heteroatoms. The van der Waals surface area contributed by atoms with Crippen molar-refractivity contribution in [3.05, 3.63) is 77.4 Å². The van der Waals surface area contributed by atoms with Gasteiger partial charge in [0.25, 0.3) is 0 Å². The van der Waals surface area contributed by atoms with Crippen LogP contribution in [0.5, 0.6) is 0 Å². The molecule has 0 amide bonds. The summed E-state index contributed by atoms with van der Waals surface area (Å²) in [6, 6.07) is 18.7. The highest BCUT2D eigenvalue weighted by Crippen LogP contribution is 2.33. The number of benzene rings is 2. The van der Waals surface area contributed by atoms with Crippen LogP contribution >= 0.6 is 11.3 Å². The van der Waals surface area contributed by atoms with Gasteiger partial charge in [0.1, 0.15) is 0 Å². The number of hydrogen-bond acceptors (Lipinski definition) is 3. The van der Waals surface area contributed by atoms with E-state index in [9.17, 15) is 0 Å². The average molecular weight is 290 g/mol. The van der Waals surface area contributed by atoms with E-state index in [0.717, 1.165) is 10.9 Å². The van der Waals surface area contributed by atoms with Gasteiger partial charge in [-0.3, -0.25) is 4.98 Å². The van der Waals surface area contributed by atoms with E-state index in [1.807, 2.05) is 24.5 Å². The standard InChI is InChI=1S/C18H14N2S/c19-18(17-9-12-5-2-4-8-16(12)21-17)15-11-20-10-13-6-1-3-7-14(13)15/h1-11,18H,19H2. The van der Waals surface area contributed by atoms with Crippen LogP contribution in [0.15, 0.2) is 67.0 Å². The lowest BCUT2D eigenvalue weighted by Gasteiger charge is -2.12. The molecule has 21 heavy (non-hydrogen) atoms. The first-order valence-corrected chi connectivity index (χ1v) is 7.71. The van der Waals surface area contributed by atoms with Gasteiger partial charge >= 0.3 is 0 Å². The van der Waals surface area contributed by atoms with E-state index in [1.54, 1.807) is 11.3 Å². The molecule has 2 heterocycles. The van der Waals surface area contributed by atoms with Crippen molar-refractivity contribution >= 4 is 32.2 Å². The molecule has 4 rings (SSSR count). The lowest BCUT2D eigenvalue weighted by Crippen LogP contribution is -2.11. The Morgan fingerprint density at radius 2 is 1.67 bits per heavy atom. The number of nitrogens with two attached hydrogens (primary N) is 1. The molecule has 1 atom stereocenters. The minimum Gasteiger partial charge on any atom is -0.320 e. The zero-order chi connectivity index (χ0) is 14.2. The zero-order valence-corrected chi connectivity index (χ0v) is 12.2. The van der Waals surface area contributed by atoms with Crippen LogP contribution in [0, 0.1) is 0 Å². The Kier molecular flexibility index (Phi) is 2.95. The second-order valence-corrected chi connectivity index (χ2v) is 6.23. The summed E-state index contributed by atoms with van der Waals surface area (Å²) >= 11 is 1.76. The predicted octanol–water partition coefficient (Wildman–Crippen LogP) is 4.50. The molecule has 1 unspecified atom stereocenters. The van der Waals surface area contributed by atoms with Crippen LogP contribution in [0.4, 0.5) is 0 Å². The van der Waals surface area contributed by atoms with Crippen molar-refractivity contribution in [1.82, 2.24) is 4.98 Å². The molecule has 4 aromatic rings. The molecule has 0 aliphatic carbocycles. The molecule has 2 nitrogen and oxygen atoms in total. The molecule has 0 radical (unpaired) electrons. The Morgan fingerprint density at radius 3 is 2.52 bits per heavy atom. The third-order valence-electron chi connectivity index (χ3n) is 3.79. The lowest BCUT2D eigenvalue weighted by atomic mass is 10.0. The molecule has 102 valence electrons. The summed E-state index contributed by atoms with van der Waals surface area (Å²) in [6.45, 7) is 0. The topological polar surface area (TPSA) is 38.9 Å². The molecular weight excluding hydrogens is 276 g/mol. The second-order valence-electron chi connectivity index (χ2n) is 5.11. The number of pyridine rings is 1. The van der Waals surface area contributed by atoms with Gasteiger partial charge in [-0.25, -0.2) is 0 Å². The lowest BCUT2D eigenvalue weighted by molar-refractivity contribution is 0.896. The van der Waals surface area contributed by atoms with Crippen molar-refractivity contribution in [3.63, 3.8) is 0 Å². The Balaban J connectivity index is 1.87. The summed E-state index contributed by atoms with van der Waals surface area (Å²) in [7, 11) is 0. The summed E-state index contributed by atoms with van der Waals surface area (Å²) in [5.41, 5.74) is 7.60. The Bertz CT molecular complexity index is 888. The average Bonchev–Trinajstić information content (AvgIpc) is 2.97. The van der Waals surface area contributed by atoms with Crippen molar-refractivity contribution in [2.75, 3.05) is 0 Å². The van der Waals surface area contributed by atoms with Gasteiger partial charge in [-0.05, 0) is 22.9 Å². The molecule has 0 aliphatic heterocycles. The molecular formula is C18H14N2S. The van der Waals surface area contributed by atoms with E-state index in [0.29, 0.717) is 0 Å². The van der Waals surface area contributed by atoms with Crippen LogP contribution in [0.3, 0.4) is 0 Å². The summed E-state index contributed by atoms with van der Waals surface area (Å²) < 4.78 is 1.27. The first kappa shape index (κ1) is 12.5. The minimum atomic E-state index is -0.138. The van der Waals surface area contributed by atoms with E-state index in [-0.39, 0.29) is 6.04 Å². The molecule has 0 aliphatic rings. The molecule has 0 bridgehead atoms. The molecule has 0 saturated heterocycles. The van der Waals surface area contributed by atoms with Crippen LogP contribution in [0.1, 0.15) is 16.5 Å². The van der Waals surface area contributed by atoms with Crippen molar-refractivity contribution in [2.45, 2.75) is 6.04 Å². The van der Waals surface area contributed by atoms with Crippen molar-refractivity contribution in [2.24, 2.45) is 5.73 Å². The highest BCUT2D eigenvalue weighted by Gasteiger charge is 2.15. The summed E-state index contributed by atoms with van der Waals surface area (Å²) in [5.74, 6) is 0. The van der Waals surface area contributed by atoms with E-state index in [4.69, 9.17) is 5.73 Å². The smallest absolute Gasteiger partial charge is 0.0667 e. The van der Waals surface area contributed by atoms with Crippen LogP contribution < -0.4 is 5.73 Å². The van der Waals surface area contributed by atoms with E-state index < -0.39 is 0 Å². The maximum atomic E-state index is 6.52. The first-order chi connectivity index (χ1) is 10.3. The second kappa shape index (κ2) is 4.95. The van der Waals surface area contributed by atoms with Crippen molar-refractivity contribution in [1.29, 1.82) is 0 Å². The minimum absolute atomic E-state index is 0.138. The summed E-state index contributed by atoms with van der Waals surface area (Å²) in [4.78, 5) is 5.51. The van der Waals surface area contributed by atoms with Gasteiger partial charge in [-0.2, -0.15) is 0 Å². The van der Waals surface area contributed by atoms with Crippen LogP contribution in [-0.2, 0) is 0 Å². The van der Waals surface area contributed by atoms with Crippen LogP contribution in [0.25, 0.3) is 20.9 Å². The highest BCUT2D eigenvalue weighted by molar-refractivity contribution is 7.19. The number of thiophene rings is 1. The summed E-state index contributed by atoms with van der Waals surface area (Å²) in [6.07, 6.45) is 3.77. The maximum absolute atomic E-state index is 6.52. The third kappa shape index (κ3) is 2.11. The SMILES string of the molecule is NC(c1cc2ccccc2s1)c1cncc2ccccc12. The van der Waals surface area contributed by atoms with Gasteiger partial charge in [0, 0.05) is 32.9 Å². The van der Waals surface area contributed by atoms with Gasteiger partial charge in [-0.1, -0.05) is 42.5 Å². The zero-order valence-electron chi connectivity index (χ0n) is 11.4. The van der Waals surface area contributed by atoms with Crippen LogP contribution in [0.2, 0.25) is 0 Å². The van der Waals surface area contributed by atoms with Crippen molar-refractivity contribution < 1.29 is 0 Å². The van der Waals surface area contributed by atoms with Gasteiger partial charge in [0.2, 0.25) is 0 Å². The molecule has 0 spiro atoms. The number of rotatable bonds is 2. The predicted molar refractivity (Wildman–Crippen MR) is 89.6 cm³/mol. The Hall–Kier alpha value is -2.23.